The molecule has 0 radical (unpaired) electrons. The van der Waals surface area contributed by atoms with Gasteiger partial charge in [-0.3, -0.25) is 0 Å². The van der Waals surface area contributed by atoms with Gasteiger partial charge in [0.15, 0.2) is 0 Å². The molecule has 0 heteroatoms. The molecule has 1 saturated carbocycles. The van der Waals surface area contributed by atoms with Gasteiger partial charge in [0.05, 0.1) is 0 Å². The molecule has 0 spiro atoms. The van der Waals surface area contributed by atoms with Gasteiger partial charge in [0.25, 0.3) is 0 Å². The third-order valence-electron chi connectivity index (χ3n) is 3.65. The van der Waals surface area contributed by atoms with Crippen LogP contribution in [0, 0.1) is 11.8 Å². The summed E-state index contributed by atoms with van der Waals surface area (Å²) in [5, 5.41) is 0. The molecule has 0 aliphatic heterocycles. The van der Waals surface area contributed by atoms with Crippen LogP contribution in [-0.4, -0.2) is 0 Å². The molecule has 1 aliphatic rings. The molecule has 0 amide bonds. The van der Waals surface area contributed by atoms with Crippen molar-refractivity contribution < 1.29 is 0 Å². The molecule has 0 saturated heterocycles. The van der Waals surface area contributed by atoms with Gasteiger partial charge in [-0.1, -0.05) is 50.6 Å². The largest absolute Gasteiger partial charge is 0.0625 e. The zero-order valence-electron chi connectivity index (χ0n) is 9.24. The highest BCUT2D eigenvalue weighted by Crippen LogP contribution is 2.43. The first-order valence-electron chi connectivity index (χ1n) is 5.84. The number of hydrogen-bond acceptors (Lipinski definition) is 0. The SMILES string of the molecule is CC(C)[C@@H]1CCC[C@@H]1c1ccccc1. The highest BCUT2D eigenvalue weighted by Gasteiger charge is 2.30. The van der Waals surface area contributed by atoms with Crippen molar-refractivity contribution in [3.63, 3.8) is 0 Å². The van der Waals surface area contributed by atoms with E-state index < -0.39 is 0 Å². The highest BCUT2D eigenvalue weighted by atomic mass is 14.3. The molecule has 14 heavy (non-hydrogen) atoms. The van der Waals surface area contributed by atoms with E-state index in [2.05, 4.69) is 44.2 Å². The summed E-state index contributed by atoms with van der Waals surface area (Å²) in [4.78, 5) is 0. The van der Waals surface area contributed by atoms with Gasteiger partial charge in [0.2, 0.25) is 0 Å². The predicted molar refractivity (Wildman–Crippen MR) is 61.4 cm³/mol. The maximum absolute atomic E-state index is 2.37. The first kappa shape index (κ1) is 9.76. The second-order valence-corrected chi connectivity index (χ2v) is 4.86. The molecule has 2 atom stereocenters. The van der Waals surface area contributed by atoms with Crippen LogP contribution in [0.4, 0.5) is 0 Å². The monoisotopic (exact) mass is 188 g/mol. The second kappa shape index (κ2) is 4.16. The van der Waals surface area contributed by atoms with Crippen LogP contribution < -0.4 is 0 Å². The molecule has 1 aromatic carbocycles. The van der Waals surface area contributed by atoms with Gasteiger partial charge in [-0.15, -0.1) is 0 Å². The third-order valence-corrected chi connectivity index (χ3v) is 3.65. The summed E-state index contributed by atoms with van der Waals surface area (Å²) in [6.07, 6.45) is 4.24. The molecule has 76 valence electrons. The lowest BCUT2D eigenvalue weighted by atomic mass is 9.82. The molecule has 0 aromatic heterocycles. The Morgan fingerprint density at radius 2 is 1.79 bits per heavy atom. The third kappa shape index (κ3) is 1.84. The minimum atomic E-state index is 0.830. The molecule has 0 bridgehead atoms. The Hall–Kier alpha value is -0.780. The van der Waals surface area contributed by atoms with E-state index in [1.165, 1.54) is 19.3 Å². The lowest BCUT2D eigenvalue weighted by Gasteiger charge is -2.23. The second-order valence-electron chi connectivity index (χ2n) is 4.86. The van der Waals surface area contributed by atoms with Crippen molar-refractivity contribution in [1.29, 1.82) is 0 Å². The Bertz CT molecular complexity index is 273. The fourth-order valence-corrected chi connectivity index (χ4v) is 2.90. The molecule has 0 unspecified atom stereocenters. The maximum atomic E-state index is 2.37. The Balaban J connectivity index is 2.18. The zero-order chi connectivity index (χ0) is 9.97. The Morgan fingerprint density at radius 1 is 1.07 bits per heavy atom. The van der Waals surface area contributed by atoms with E-state index in [4.69, 9.17) is 0 Å². The summed E-state index contributed by atoms with van der Waals surface area (Å²) in [5.74, 6) is 2.58. The zero-order valence-corrected chi connectivity index (χ0v) is 9.24. The minimum Gasteiger partial charge on any atom is -0.0625 e. The van der Waals surface area contributed by atoms with Gasteiger partial charge >= 0.3 is 0 Å². The van der Waals surface area contributed by atoms with Crippen molar-refractivity contribution in [2.75, 3.05) is 0 Å². The average molecular weight is 188 g/mol. The van der Waals surface area contributed by atoms with E-state index in [0.717, 1.165) is 17.8 Å². The van der Waals surface area contributed by atoms with Crippen LogP contribution in [0.25, 0.3) is 0 Å². The van der Waals surface area contributed by atoms with Gasteiger partial charge < -0.3 is 0 Å². The van der Waals surface area contributed by atoms with Gasteiger partial charge in [-0.25, -0.2) is 0 Å². The van der Waals surface area contributed by atoms with Gasteiger partial charge in [0, 0.05) is 0 Å². The molecule has 1 fully saturated rings. The summed E-state index contributed by atoms with van der Waals surface area (Å²) >= 11 is 0. The minimum absolute atomic E-state index is 0.830. The van der Waals surface area contributed by atoms with Crippen molar-refractivity contribution in [2.45, 2.75) is 39.0 Å². The van der Waals surface area contributed by atoms with Gasteiger partial charge in [-0.05, 0) is 36.2 Å². The first-order valence-corrected chi connectivity index (χ1v) is 5.84. The quantitative estimate of drug-likeness (QED) is 0.651. The molecule has 0 N–H and O–H groups in total. The van der Waals surface area contributed by atoms with Crippen LogP contribution in [-0.2, 0) is 0 Å². The van der Waals surface area contributed by atoms with E-state index >= 15 is 0 Å². The van der Waals surface area contributed by atoms with E-state index in [9.17, 15) is 0 Å². The van der Waals surface area contributed by atoms with E-state index in [0.29, 0.717) is 0 Å². The summed E-state index contributed by atoms with van der Waals surface area (Å²) < 4.78 is 0. The lowest BCUT2D eigenvalue weighted by molar-refractivity contribution is 0.357. The smallest absolute Gasteiger partial charge is 0.0131 e. The van der Waals surface area contributed by atoms with Crippen LogP contribution in [0.3, 0.4) is 0 Å². The fraction of sp³-hybridized carbons (Fsp3) is 0.571. The maximum Gasteiger partial charge on any atom is -0.0131 e. The van der Waals surface area contributed by atoms with Crippen LogP contribution in [0.5, 0.6) is 0 Å². The summed E-state index contributed by atoms with van der Waals surface area (Å²) in [7, 11) is 0. The number of hydrogen-bond donors (Lipinski definition) is 0. The first-order chi connectivity index (χ1) is 6.79. The van der Waals surface area contributed by atoms with Crippen LogP contribution in [0.1, 0.15) is 44.6 Å². The summed E-state index contributed by atoms with van der Waals surface area (Å²) in [6.45, 7) is 4.73. The Morgan fingerprint density at radius 3 is 2.43 bits per heavy atom. The molecular weight excluding hydrogens is 168 g/mol. The van der Waals surface area contributed by atoms with Crippen molar-refractivity contribution in [3.05, 3.63) is 35.9 Å². The molecule has 1 aliphatic carbocycles. The lowest BCUT2D eigenvalue weighted by Crippen LogP contribution is -2.12. The Kier molecular flexibility index (Phi) is 2.90. The van der Waals surface area contributed by atoms with E-state index in [1.807, 2.05) is 0 Å². The van der Waals surface area contributed by atoms with Crippen molar-refractivity contribution in [3.8, 4) is 0 Å². The molecular formula is C14H20. The van der Waals surface area contributed by atoms with Crippen LogP contribution in [0.15, 0.2) is 30.3 Å². The van der Waals surface area contributed by atoms with E-state index in [1.54, 1.807) is 5.56 Å². The number of rotatable bonds is 2. The topological polar surface area (TPSA) is 0 Å². The van der Waals surface area contributed by atoms with Gasteiger partial charge in [0.1, 0.15) is 0 Å². The average Bonchev–Trinajstić information content (AvgIpc) is 2.67. The standard InChI is InChI=1S/C14H20/c1-11(2)13-9-6-10-14(13)12-7-4-3-5-8-12/h3-5,7-8,11,13-14H,6,9-10H2,1-2H3/t13-,14+/m0/s1. The van der Waals surface area contributed by atoms with Crippen molar-refractivity contribution in [1.82, 2.24) is 0 Å². The summed E-state index contributed by atoms with van der Waals surface area (Å²) in [6, 6.07) is 11.1. The molecule has 2 rings (SSSR count). The molecule has 0 heterocycles. The van der Waals surface area contributed by atoms with Gasteiger partial charge in [-0.2, -0.15) is 0 Å². The Labute approximate surface area is 87.3 Å². The molecule has 0 nitrogen and oxygen atoms in total. The highest BCUT2D eigenvalue weighted by molar-refractivity contribution is 5.21. The van der Waals surface area contributed by atoms with Crippen LogP contribution >= 0.6 is 0 Å². The molecule has 1 aromatic rings. The number of benzene rings is 1. The summed E-state index contributed by atoms with van der Waals surface area (Å²) in [5.41, 5.74) is 1.56. The predicted octanol–water partition coefficient (Wildman–Crippen LogP) is 4.23. The van der Waals surface area contributed by atoms with Crippen LogP contribution in [0.2, 0.25) is 0 Å². The fourth-order valence-electron chi connectivity index (χ4n) is 2.90. The normalized spacial score (nSPS) is 27.1. The van der Waals surface area contributed by atoms with Crippen molar-refractivity contribution >= 4 is 0 Å². The van der Waals surface area contributed by atoms with E-state index in [-0.39, 0.29) is 0 Å². The van der Waals surface area contributed by atoms with Crippen molar-refractivity contribution in [2.24, 2.45) is 11.8 Å².